The molecule has 0 bridgehead atoms. The Hall–Kier alpha value is -0.187. The SMILES string of the molecule is O.O=C([O-])[O-].[OH-].[Zn+2]. The van der Waals surface area contributed by atoms with E-state index in [0.29, 0.717) is 0 Å². The van der Waals surface area contributed by atoms with Gasteiger partial charge in [-0.3, -0.25) is 0 Å². The fraction of sp³-hybridized carbons (Fsp3) is 0. The van der Waals surface area contributed by atoms with Crippen molar-refractivity contribution in [2.45, 2.75) is 0 Å². The smallest absolute Gasteiger partial charge is 0.870 e. The minimum atomic E-state index is -2.33. The number of hydrogen-bond acceptors (Lipinski definition) is 4. The van der Waals surface area contributed by atoms with E-state index in [1.54, 1.807) is 0 Å². The van der Waals surface area contributed by atoms with Crippen LogP contribution in [-0.4, -0.2) is 17.1 Å². The fourth-order valence-corrected chi connectivity index (χ4v) is 0. The normalized spacial score (nSPS) is 3.43. The second-order valence-electron chi connectivity index (χ2n) is 0.250. The van der Waals surface area contributed by atoms with Gasteiger partial charge in [0.25, 0.3) is 0 Å². The van der Waals surface area contributed by atoms with Gasteiger partial charge in [-0.1, -0.05) is 0 Å². The first-order chi connectivity index (χ1) is 1.73. The van der Waals surface area contributed by atoms with Crippen molar-refractivity contribution >= 4 is 6.16 Å². The molecule has 5 nitrogen and oxygen atoms in total. The number of rotatable bonds is 0. The Morgan fingerprint density at radius 3 is 1.29 bits per heavy atom. The summed E-state index contributed by atoms with van der Waals surface area (Å²) < 4.78 is 0. The standard InChI is InChI=1S/CH2O3.2H2O.Zn/c2-1(3)4;;;/h(H2,2,3,4);2*1H2;/q;;;+2/p-3. The Balaban J connectivity index is -0.0000000150. The Labute approximate surface area is 52.3 Å². The van der Waals surface area contributed by atoms with E-state index in [1.807, 2.05) is 0 Å². The average Bonchev–Trinajstić information content (AvgIpc) is 0.811. The zero-order valence-electron chi connectivity index (χ0n) is 3.38. The average molecular weight is 160 g/mol. The molecule has 0 atom stereocenters. The van der Waals surface area contributed by atoms with Gasteiger partial charge >= 0.3 is 19.5 Å². The van der Waals surface area contributed by atoms with Crippen LogP contribution in [0.1, 0.15) is 0 Å². The molecule has 0 radical (unpaired) electrons. The van der Waals surface area contributed by atoms with Crippen molar-refractivity contribution < 1.29 is 45.4 Å². The predicted octanol–water partition coefficient (Wildman–Crippen LogP) is -3.45. The topological polar surface area (TPSA) is 125 Å². The van der Waals surface area contributed by atoms with Crippen LogP contribution in [0.3, 0.4) is 0 Å². The molecule has 0 heterocycles. The second kappa shape index (κ2) is 17.0. The van der Waals surface area contributed by atoms with Crippen LogP contribution in [0.4, 0.5) is 4.79 Å². The van der Waals surface area contributed by atoms with Crippen molar-refractivity contribution in [1.82, 2.24) is 0 Å². The molecule has 0 rings (SSSR count). The third-order valence-corrected chi connectivity index (χ3v) is 0. The summed E-state index contributed by atoms with van der Waals surface area (Å²) >= 11 is 0. The second-order valence-corrected chi connectivity index (χ2v) is 0.250. The first-order valence-electron chi connectivity index (χ1n) is 0.612. The monoisotopic (exact) mass is 159 g/mol. The number of carboxylic acid groups (broad SMARTS) is 2. The summed E-state index contributed by atoms with van der Waals surface area (Å²) in [5, 5.41) is 16.7. The maximum Gasteiger partial charge on any atom is 2.00 e. The Morgan fingerprint density at radius 1 is 1.29 bits per heavy atom. The molecule has 0 unspecified atom stereocenters. The maximum atomic E-state index is 8.33. The summed E-state index contributed by atoms with van der Waals surface area (Å²) in [6.07, 6.45) is -2.33. The summed E-state index contributed by atoms with van der Waals surface area (Å²) in [5.74, 6) is 0. The first-order valence-corrected chi connectivity index (χ1v) is 0.612. The van der Waals surface area contributed by atoms with Gasteiger partial charge in [-0.05, 0) is 6.16 Å². The summed E-state index contributed by atoms with van der Waals surface area (Å²) in [7, 11) is 0. The molecule has 0 aliphatic carbocycles. The molecular weight excluding hydrogens is 157 g/mol. The van der Waals surface area contributed by atoms with Gasteiger partial charge in [0.1, 0.15) is 0 Å². The van der Waals surface area contributed by atoms with Gasteiger partial charge in [0, 0.05) is 0 Å². The Kier molecular flexibility index (Phi) is 70.7. The molecule has 6 heteroatoms. The fourth-order valence-electron chi connectivity index (χ4n) is 0. The van der Waals surface area contributed by atoms with Crippen LogP contribution in [0.25, 0.3) is 0 Å². The van der Waals surface area contributed by atoms with Crippen molar-refractivity contribution in [3.8, 4) is 0 Å². The third kappa shape index (κ3) is 2430. The Bertz CT molecular complexity index is 31.1. The van der Waals surface area contributed by atoms with Crippen molar-refractivity contribution in [3.05, 3.63) is 0 Å². The van der Waals surface area contributed by atoms with E-state index in [1.165, 1.54) is 0 Å². The van der Waals surface area contributed by atoms with E-state index in [9.17, 15) is 0 Å². The molecule has 0 aliphatic heterocycles. The van der Waals surface area contributed by atoms with Crippen LogP contribution in [0.2, 0.25) is 0 Å². The van der Waals surface area contributed by atoms with E-state index < -0.39 is 6.16 Å². The van der Waals surface area contributed by atoms with Gasteiger partial charge in [0.2, 0.25) is 0 Å². The first kappa shape index (κ1) is 29.1. The van der Waals surface area contributed by atoms with Crippen LogP contribution in [-0.2, 0) is 19.5 Å². The maximum absolute atomic E-state index is 8.33. The minimum Gasteiger partial charge on any atom is -0.870 e. The molecule has 0 spiro atoms. The van der Waals surface area contributed by atoms with Crippen LogP contribution in [0, 0.1) is 0 Å². The summed E-state index contributed by atoms with van der Waals surface area (Å²) in [5.41, 5.74) is 0. The molecule has 0 aliphatic rings. The largest absolute Gasteiger partial charge is 2.00 e. The van der Waals surface area contributed by atoms with E-state index in [-0.39, 0.29) is 30.4 Å². The van der Waals surface area contributed by atoms with Crippen LogP contribution in [0.15, 0.2) is 0 Å². The molecule has 40 valence electrons. The summed E-state index contributed by atoms with van der Waals surface area (Å²) in [6.45, 7) is 0. The predicted molar refractivity (Wildman–Crippen MR) is 10.9 cm³/mol. The summed E-state index contributed by atoms with van der Waals surface area (Å²) in [6, 6.07) is 0. The molecule has 0 aromatic heterocycles. The van der Waals surface area contributed by atoms with Gasteiger partial charge in [-0.15, -0.1) is 0 Å². The van der Waals surface area contributed by atoms with Gasteiger partial charge in [0.05, 0.1) is 0 Å². The molecule has 7 heavy (non-hydrogen) atoms. The van der Waals surface area contributed by atoms with Gasteiger partial charge in [0.15, 0.2) is 0 Å². The number of carbonyl (C=O) groups is 1. The van der Waals surface area contributed by atoms with E-state index in [4.69, 9.17) is 15.0 Å². The molecule has 0 saturated heterocycles. The van der Waals surface area contributed by atoms with Crippen molar-refractivity contribution in [2.75, 3.05) is 0 Å². The Morgan fingerprint density at radius 2 is 1.29 bits per heavy atom. The van der Waals surface area contributed by atoms with E-state index in [0.717, 1.165) is 0 Å². The minimum absolute atomic E-state index is 0. The van der Waals surface area contributed by atoms with Gasteiger partial charge < -0.3 is 26.0 Å². The molecular formula is CH3O5Zn-. The number of carbonyl (C=O) groups excluding carboxylic acids is 1. The van der Waals surface area contributed by atoms with E-state index >= 15 is 0 Å². The third-order valence-electron chi connectivity index (χ3n) is 0. The molecule has 3 N–H and O–H groups in total. The zero-order chi connectivity index (χ0) is 3.58. The van der Waals surface area contributed by atoms with Crippen LogP contribution < -0.4 is 10.2 Å². The quantitative estimate of drug-likeness (QED) is 0.342. The van der Waals surface area contributed by atoms with Crippen LogP contribution in [0.5, 0.6) is 0 Å². The van der Waals surface area contributed by atoms with Gasteiger partial charge in [-0.2, -0.15) is 0 Å². The molecule has 0 fully saturated rings. The molecule has 0 aromatic carbocycles. The van der Waals surface area contributed by atoms with Crippen molar-refractivity contribution in [2.24, 2.45) is 0 Å². The van der Waals surface area contributed by atoms with Crippen molar-refractivity contribution in [1.29, 1.82) is 0 Å². The molecule has 0 aromatic rings. The molecule has 0 saturated carbocycles. The van der Waals surface area contributed by atoms with Gasteiger partial charge in [-0.25, -0.2) is 0 Å². The summed E-state index contributed by atoms with van der Waals surface area (Å²) in [4.78, 5) is 8.33. The van der Waals surface area contributed by atoms with Crippen LogP contribution >= 0.6 is 0 Å². The van der Waals surface area contributed by atoms with E-state index in [2.05, 4.69) is 0 Å². The zero-order valence-corrected chi connectivity index (χ0v) is 6.35. The number of hydrogen-bond donors (Lipinski definition) is 0. The van der Waals surface area contributed by atoms with Crippen molar-refractivity contribution in [3.63, 3.8) is 0 Å². The molecule has 0 amide bonds.